The molecule has 0 atom stereocenters. The van der Waals surface area contributed by atoms with E-state index >= 15 is 0 Å². The second-order valence-electron chi connectivity index (χ2n) is 1.93. The van der Waals surface area contributed by atoms with Crippen LogP contribution in [0.25, 0.3) is 0 Å². The average Bonchev–Trinajstić information content (AvgIpc) is 1.94. The van der Waals surface area contributed by atoms with Gasteiger partial charge in [0.05, 0.1) is 5.69 Å². The molecule has 0 aromatic carbocycles. The quantitative estimate of drug-likeness (QED) is 0.571. The Morgan fingerprint density at radius 1 is 1.70 bits per heavy atom. The Bertz CT molecular complexity index is 281. The van der Waals surface area contributed by atoms with E-state index in [0.717, 1.165) is 4.68 Å². The number of nitrogens with zero attached hydrogens (tertiary/aromatic N) is 2. The molecule has 1 aromatic heterocycles. The van der Waals surface area contributed by atoms with E-state index in [-0.39, 0.29) is 0 Å². The third kappa shape index (κ3) is 1.21. The number of halogens is 1. The molecule has 4 heteroatoms. The van der Waals surface area contributed by atoms with Crippen molar-refractivity contribution in [2.24, 2.45) is 0 Å². The molecule has 0 aliphatic carbocycles. The fourth-order valence-electron chi connectivity index (χ4n) is 0.637. The molecule has 0 amide bonds. The van der Waals surface area contributed by atoms with Gasteiger partial charge in [-0.1, -0.05) is 0 Å². The van der Waals surface area contributed by atoms with Crippen LogP contribution in [0.1, 0.15) is 5.69 Å². The zero-order valence-corrected chi connectivity index (χ0v) is 5.54. The first-order valence-corrected chi connectivity index (χ1v) is 2.85. The third-order valence-electron chi connectivity index (χ3n) is 1.11. The molecular weight excluding hydrogens is 135 g/mol. The van der Waals surface area contributed by atoms with Crippen LogP contribution in [0, 0.1) is 6.92 Å². The number of aryl methyl sites for hydroxylation is 1. The largest absolute Gasteiger partial charge is 0.269 e. The first-order valence-electron chi connectivity index (χ1n) is 2.85. The van der Waals surface area contributed by atoms with E-state index in [9.17, 15) is 9.18 Å². The van der Waals surface area contributed by atoms with E-state index in [2.05, 4.69) is 5.10 Å². The van der Waals surface area contributed by atoms with E-state index in [1.807, 2.05) is 0 Å². The summed E-state index contributed by atoms with van der Waals surface area (Å²) in [6.45, 7) is 0.839. The Kier molecular flexibility index (Phi) is 1.80. The Morgan fingerprint density at radius 2 is 2.40 bits per heavy atom. The van der Waals surface area contributed by atoms with Crippen molar-refractivity contribution in [2.75, 3.05) is 0 Å². The van der Waals surface area contributed by atoms with Crippen molar-refractivity contribution in [3.8, 4) is 0 Å². The number of hydrogen-bond donors (Lipinski definition) is 0. The highest BCUT2D eigenvalue weighted by molar-refractivity contribution is 4.96. The third-order valence-corrected chi connectivity index (χ3v) is 1.11. The van der Waals surface area contributed by atoms with Gasteiger partial charge in [-0.2, -0.15) is 9.78 Å². The number of aromatic nitrogens is 2. The lowest BCUT2D eigenvalue weighted by molar-refractivity contribution is 0.335. The summed E-state index contributed by atoms with van der Waals surface area (Å²) in [6, 6.07) is 2.84. The van der Waals surface area contributed by atoms with E-state index in [1.165, 1.54) is 6.07 Å². The molecule has 1 heterocycles. The van der Waals surface area contributed by atoms with Crippen molar-refractivity contribution in [1.29, 1.82) is 0 Å². The highest BCUT2D eigenvalue weighted by atomic mass is 19.1. The molecule has 0 fully saturated rings. The molecule has 0 aliphatic rings. The fraction of sp³-hybridized carbons (Fsp3) is 0.333. The molecule has 0 spiro atoms. The molecule has 1 rings (SSSR count). The van der Waals surface area contributed by atoms with Crippen LogP contribution in [-0.4, -0.2) is 9.78 Å². The van der Waals surface area contributed by atoms with Gasteiger partial charge in [-0.05, 0) is 13.0 Å². The zero-order chi connectivity index (χ0) is 7.56. The van der Waals surface area contributed by atoms with Gasteiger partial charge in [0.15, 0.2) is 6.80 Å². The van der Waals surface area contributed by atoms with Gasteiger partial charge >= 0.3 is 0 Å². The summed E-state index contributed by atoms with van der Waals surface area (Å²) in [5, 5.41) is 3.62. The van der Waals surface area contributed by atoms with Crippen molar-refractivity contribution >= 4 is 0 Å². The molecule has 1 aromatic rings. The summed E-state index contributed by atoms with van der Waals surface area (Å²) in [6.07, 6.45) is 0. The SMILES string of the molecule is Cc1ccc(=O)n(CF)n1. The van der Waals surface area contributed by atoms with Gasteiger partial charge in [-0.25, -0.2) is 4.39 Å². The molecule has 0 saturated heterocycles. The summed E-state index contributed by atoms with van der Waals surface area (Å²) in [5.74, 6) is 0. The van der Waals surface area contributed by atoms with Crippen molar-refractivity contribution < 1.29 is 4.39 Å². The second kappa shape index (κ2) is 2.60. The van der Waals surface area contributed by atoms with Gasteiger partial charge in [0.2, 0.25) is 0 Å². The molecule has 54 valence electrons. The Hall–Kier alpha value is -1.19. The lowest BCUT2D eigenvalue weighted by Crippen LogP contribution is -2.20. The van der Waals surface area contributed by atoms with Crippen LogP contribution >= 0.6 is 0 Å². The van der Waals surface area contributed by atoms with E-state index in [0.29, 0.717) is 5.69 Å². The fourth-order valence-corrected chi connectivity index (χ4v) is 0.637. The Labute approximate surface area is 57.1 Å². The van der Waals surface area contributed by atoms with Crippen LogP contribution in [0.4, 0.5) is 4.39 Å². The maximum Gasteiger partial charge on any atom is 0.269 e. The van der Waals surface area contributed by atoms with Gasteiger partial charge in [0.25, 0.3) is 5.56 Å². The average molecular weight is 142 g/mol. The van der Waals surface area contributed by atoms with E-state index in [4.69, 9.17) is 0 Å². The highest BCUT2D eigenvalue weighted by Gasteiger charge is 1.93. The van der Waals surface area contributed by atoms with Gasteiger partial charge in [0, 0.05) is 6.07 Å². The summed E-state index contributed by atoms with van der Waals surface area (Å²) >= 11 is 0. The van der Waals surface area contributed by atoms with Crippen molar-refractivity contribution in [3.05, 3.63) is 28.2 Å². The summed E-state index contributed by atoms with van der Waals surface area (Å²) in [7, 11) is 0. The van der Waals surface area contributed by atoms with Crippen molar-refractivity contribution in [3.63, 3.8) is 0 Å². The number of alkyl halides is 1. The summed E-state index contributed by atoms with van der Waals surface area (Å²) < 4.78 is 12.6. The molecule has 0 radical (unpaired) electrons. The monoisotopic (exact) mass is 142 g/mol. The van der Waals surface area contributed by atoms with Gasteiger partial charge in [-0.3, -0.25) is 4.79 Å². The van der Waals surface area contributed by atoms with E-state index in [1.54, 1.807) is 13.0 Å². The molecule has 0 aliphatic heterocycles. The Balaban J connectivity index is 3.22. The Morgan fingerprint density at radius 3 is 2.90 bits per heavy atom. The zero-order valence-electron chi connectivity index (χ0n) is 5.54. The summed E-state index contributed by atoms with van der Waals surface area (Å²) in [4.78, 5) is 10.7. The van der Waals surface area contributed by atoms with Crippen LogP contribution in [0.3, 0.4) is 0 Å². The molecule has 0 saturated carbocycles. The normalized spacial score (nSPS) is 9.80. The molecule has 0 bridgehead atoms. The van der Waals surface area contributed by atoms with Gasteiger partial charge in [0.1, 0.15) is 0 Å². The van der Waals surface area contributed by atoms with Crippen LogP contribution in [0.15, 0.2) is 16.9 Å². The lowest BCUT2D eigenvalue weighted by atomic mass is 10.4. The minimum atomic E-state index is -0.861. The van der Waals surface area contributed by atoms with Crippen LogP contribution in [0.5, 0.6) is 0 Å². The predicted molar refractivity (Wildman–Crippen MR) is 34.3 cm³/mol. The van der Waals surface area contributed by atoms with Crippen molar-refractivity contribution in [2.45, 2.75) is 13.7 Å². The van der Waals surface area contributed by atoms with Gasteiger partial charge in [-0.15, -0.1) is 0 Å². The maximum absolute atomic E-state index is 11.9. The minimum Gasteiger partial charge on any atom is -0.268 e. The first-order chi connectivity index (χ1) is 4.74. The van der Waals surface area contributed by atoms with E-state index < -0.39 is 12.4 Å². The smallest absolute Gasteiger partial charge is 0.268 e. The molecule has 0 N–H and O–H groups in total. The highest BCUT2D eigenvalue weighted by Crippen LogP contribution is 1.85. The predicted octanol–water partition coefficient (Wildman–Crippen LogP) is 0.479. The summed E-state index contributed by atoms with van der Waals surface area (Å²) in [5.41, 5.74) is 0.227. The molecular formula is C6H7FN2O. The second-order valence-corrected chi connectivity index (χ2v) is 1.93. The minimum absolute atomic E-state index is 0.409. The topological polar surface area (TPSA) is 34.9 Å². The van der Waals surface area contributed by atoms with Crippen molar-refractivity contribution in [1.82, 2.24) is 9.78 Å². The van der Waals surface area contributed by atoms with Gasteiger partial charge < -0.3 is 0 Å². The molecule has 3 nitrogen and oxygen atoms in total. The number of rotatable bonds is 1. The molecule has 10 heavy (non-hydrogen) atoms. The first kappa shape index (κ1) is 6.92. The standard InChI is InChI=1S/C6H7FN2O/c1-5-2-3-6(10)9(4-7)8-5/h2-3H,4H2,1H3. The lowest BCUT2D eigenvalue weighted by Gasteiger charge is -1.96. The van der Waals surface area contributed by atoms with Crippen LogP contribution < -0.4 is 5.56 Å². The maximum atomic E-state index is 11.9. The van der Waals surface area contributed by atoms with Crippen LogP contribution in [-0.2, 0) is 6.80 Å². The van der Waals surface area contributed by atoms with Crippen LogP contribution in [0.2, 0.25) is 0 Å². The number of hydrogen-bond acceptors (Lipinski definition) is 2. The molecule has 0 unspecified atom stereocenters.